The summed E-state index contributed by atoms with van der Waals surface area (Å²) in [6.45, 7) is 2.08. The van der Waals surface area contributed by atoms with Crippen LogP contribution in [0.15, 0.2) is 188 Å². The van der Waals surface area contributed by atoms with Crippen molar-refractivity contribution >= 4 is 17.2 Å². The van der Waals surface area contributed by atoms with Gasteiger partial charge in [-0.05, 0) is 129 Å². The Hall–Kier alpha value is -6.75. The molecule has 0 N–H and O–H groups in total. The summed E-state index contributed by atoms with van der Waals surface area (Å²) < 4.78 is 0. The van der Waals surface area contributed by atoms with Crippen molar-refractivity contribution in [3.63, 3.8) is 0 Å². The van der Waals surface area contributed by atoms with Crippen LogP contribution in [0.25, 0.3) is 61.9 Å². The van der Waals surface area contributed by atoms with Gasteiger partial charge in [-0.15, -0.1) is 0 Å². The lowest BCUT2D eigenvalue weighted by molar-refractivity contribution is 0.820. The van der Waals surface area contributed by atoms with Crippen LogP contribution in [-0.2, 0) is 0 Å². The molecule has 0 saturated heterocycles. The Morgan fingerprint density at radius 3 is 2.04 bits per heavy atom. The van der Waals surface area contributed by atoms with Gasteiger partial charge < -0.3 is 0 Å². The Balaban J connectivity index is 1.07. The Kier molecular flexibility index (Phi) is 9.48. The second-order valence-electron chi connectivity index (χ2n) is 14.5. The first kappa shape index (κ1) is 34.0. The quantitative estimate of drug-likeness (QED) is 0.151. The molecule has 262 valence electrons. The Morgan fingerprint density at radius 1 is 0.545 bits per heavy atom. The van der Waals surface area contributed by atoms with E-state index in [-0.39, 0.29) is 5.92 Å². The summed E-state index contributed by atoms with van der Waals surface area (Å²) in [5, 5.41) is 0. The fourth-order valence-corrected chi connectivity index (χ4v) is 7.73. The van der Waals surface area contributed by atoms with Crippen LogP contribution in [0.2, 0.25) is 0 Å². The van der Waals surface area contributed by atoms with Gasteiger partial charge in [0.25, 0.3) is 0 Å². The van der Waals surface area contributed by atoms with E-state index in [1.54, 1.807) is 0 Å². The van der Waals surface area contributed by atoms with Crippen molar-refractivity contribution in [2.75, 3.05) is 0 Å². The van der Waals surface area contributed by atoms with Crippen LogP contribution in [-0.4, -0.2) is 4.98 Å². The summed E-state index contributed by atoms with van der Waals surface area (Å²) in [5.74, 6) is 6.65. The van der Waals surface area contributed by atoms with E-state index in [0.717, 1.165) is 52.9 Å². The molecule has 3 aliphatic carbocycles. The molecule has 0 bridgehead atoms. The van der Waals surface area contributed by atoms with Gasteiger partial charge in [-0.1, -0.05) is 164 Å². The fraction of sp³-hybridized carbons (Fsp3) is 0.0926. The molecular weight excluding hydrogens is 663 g/mol. The molecule has 1 heteroatoms. The third-order valence-corrected chi connectivity index (χ3v) is 10.8. The topological polar surface area (TPSA) is 12.9 Å². The Labute approximate surface area is 325 Å². The first-order valence-corrected chi connectivity index (χ1v) is 19.3. The van der Waals surface area contributed by atoms with Gasteiger partial charge in [-0.3, -0.25) is 4.98 Å². The summed E-state index contributed by atoms with van der Waals surface area (Å²) in [7, 11) is 0. The van der Waals surface area contributed by atoms with Crippen LogP contribution < -0.4 is 0 Å². The van der Waals surface area contributed by atoms with E-state index >= 15 is 0 Å². The van der Waals surface area contributed by atoms with E-state index in [9.17, 15) is 0 Å². The minimum Gasteiger partial charge on any atom is -0.252 e. The van der Waals surface area contributed by atoms with E-state index in [1.807, 2.05) is 6.08 Å². The van der Waals surface area contributed by atoms with Gasteiger partial charge >= 0.3 is 0 Å². The fourth-order valence-electron chi connectivity index (χ4n) is 7.73. The smallest absolute Gasteiger partial charge is 0.0717 e. The van der Waals surface area contributed by atoms with Crippen molar-refractivity contribution < 1.29 is 0 Å². The van der Waals surface area contributed by atoms with E-state index in [2.05, 4.69) is 201 Å². The highest BCUT2D eigenvalue weighted by molar-refractivity contribution is 5.87. The maximum atomic E-state index is 5.42. The lowest BCUT2D eigenvalue weighted by atomic mass is 9.88. The predicted octanol–water partition coefficient (Wildman–Crippen LogP) is 13.9. The molecule has 1 aromatic heterocycles. The van der Waals surface area contributed by atoms with Gasteiger partial charge in [-0.2, -0.15) is 0 Å². The predicted molar refractivity (Wildman–Crippen MR) is 233 cm³/mol. The molecule has 1 unspecified atom stereocenters. The highest BCUT2D eigenvalue weighted by Gasteiger charge is 2.19. The molecule has 1 atom stereocenters. The monoisotopic (exact) mass is 703 g/mol. The molecule has 0 amide bonds. The average molecular weight is 704 g/mol. The minimum atomic E-state index is 0.184. The molecule has 6 aromatic rings. The van der Waals surface area contributed by atoms with Crippen molar-refractivity contribution in [3.8, 4) is 56.5 Å². The Morgan fingerprint density at radius 2 is 1.27 bits per heavy atom. The van der Waals surface area contributed by atoms with Crippen LogP contribution in [0, 0.1) is 11.8 Å². The molecule has 1 heterocycles. The zero-order valence-corrected chi connectivity index (χ0v) is 31.0. The number of pyridine rings is 1. The lowest BCUT2D eigenvalue weighted by Crippen LogP contribution is -2.04. The zero-order valence-electron chi connectivity index (χ0n) is 31.0. The van der Waals surface area contributed by atoms with E-state index in [0.29, 0.717) is 0 Å². The number of benzene rings is 5. The molecule has 9 rings (SSSR count). The molecule has 0 aliphatic heterocycles. The van der Waals surface area contributed by atoms with Crippen LogP contribution in [0.3, 0.4) is 0 Å². The highest BCUT2D eigenvalue weighted by Crippen LogP contribution is 2.38. The van der Waals surface area contributed by atoms with Crippen molar-refractivity contribution in [2.45, 2.75) is 32.1 Å². The standard InChI is InChI=1S/C54H41N/c1-38-12-10-17-40-30-33-49(35-48(40)23-22-38)43-26-24-42(25-27-43)46-18-11-19-47(34-46)50-36-53(45-31-28-41(29-32-45)39-13-4-2-5-14-39)55-54(37-50)52-21-9-8-20-51(52)44-15-6-3-7-16-44/h2,4-6,8-9,11-16,18-31,33-37,45H,3,7,32H2,1H3. The third kappa shape index (κ3) is 7.41. The summed E-state index contributed by atoms with van der Waals surface area (Å²) in [6, 6.07) is 48.4. The SMILES string of the molecule is CC1=CC#Cc2ccc(-c3ccc(-c4cccc(-c5cc(-c6ccccc6C6=CCCC=C6)nc(C6C=CC(c7ccccc7)=CC6)c5)c4)cc3)cc2C=C1. The summed E-state index contributed by atoms with van der Waals surface area (Å²) in [6.07, 6.45) is 23.2. The molecule has 0 radical (unpaired) electrons. The van der Waals surface area contributed by atoms with Crippen LogP contribution in [0.1, 0.15) is 60.1 Å². The van der Waals surface area contributed by atoms with Crippen molar-refractivity contribution in [2.24, 2.45) is 0 Å². The maximum Gasteiger partial charge on any atom is 0.0717 e. The largest absolute Gasteiger partial charge is 0.252 e. The highest BCUT2D eigenvalue weighted by atomic mass is 14.7. The molecule has 3 aliphatic rings. The molecule has 0 saturated carbocycles. The lowest BCUT2D eigenvalue weighted by Gasteiger charge is -2.20. The first-order chi connectivity index (χ1) is 27.1. The minimum absolute atomic E-state index is 0.184. The molecule has 5 aromatic carbocycles. The van der Waals surface area contributed by atoms with Gasteiger partial charge in [0, 0.05) is 22.7 Å². The molecular formula is C54H41N. The number of rotatable bonds is 7. The summed E-state index contributed by atoms with van der Waals surface area (Å²) >= 11 is 0. The molecule has 0 spiro atoms. The van der Waals surface area contributed by atoms with Crippen molar-refractivity contribution in [1.82, 2.24) is 4.98 Å². The summed E-state index contributed by atoms with van der Waals surface area (Å²) in [5.41, 5.74) is 18.8. The van der Waals surface area contributed by atoms with Gasteiger partial charge in [0.05, 0.1) is 5.69 Å². The third-order valence-electron chi connectivity index (χ3n) is 10.8. The second-order valence-corrected chi connectivity index (χ2v) is 14.5. The second kappa shape index (κ2) is 15.3. The van der Waals surface area contributed by atoms with Gasteiger partial charge in [0.2, 0.25) is 0 Å². The van der Waals surface area contributed by atoms with E-state index < -0.39 is 0 Å². The number of hydrogen-bond donors (Lipinski definition) is 0. The van der Waals surface area contributed by atoms with Crippen molar-refractivity contribution in [3.05, 3.63) is 216 Å². The van der Waals surface area contributed by atoms with Crippen LogP contribution >= 0.6 is 0 Å². The van der Waals surface area contributed by atoms with Crippen molar-refractivity contribution in [1.29, 1.82) is 0 Å². The summed E-state index contributed by atoms with van der Waals surface area (Å²) in [4.78, 5) is 5.42. The number of aromatic nitrogens is 1. The van der Waals surface area contributed by atoms with E-state index in [1.165, 1.54) is 55.7 Å². The number of nitrogens with zero attached hydrogens (tertiary/aromatic N) is 1. The maximum absolute atomic E-state index is 5.42. The Bertz CT molecular complexity index is 2660. The molecule has 1 nitrogen and oxygen atoms in total. The molecule has 55 heavy (non-hydrogen) atoms. The zero-order chi connectivity index (χ0) is 37.0. The van der Waals surface area contributed by atoms with Gasteiger partial charge in [0.1, 0.15) is 0 Å². The molecule has 0 fully saturated rings. The van der Waals surface area contributed by atoms with Gasteiger partial charge in [-0.25, -0.2) is 0 Å². The first-order valence-electron chi connectivity index (χ1n) is 19.3. The average Bonchev–Trinajstić information content (AvgIpc) is 3.26. The van der Waals surface area contributed by atoms with Crippen LogP contribution in [0.5, 0.6) is 0 Å². The number of hydrogen-bond acceptors (Lipinski definition) is 1. The normalized spacial score (nSPS) is 15.8. The van der Waals surface area contributed by atoms with Gasteiger partial charge in [0.15, 0.2) is 0 Å². The van der Waals surface area contributed by atoms with Crippen LogP contribution in [0.4, 0.5) is 0 Å². The number of allylic oxidation sites excluding steroid dienone is 11. The number of fused-ring (bicyclic) bond motifs is 1. The van der Waals surface area contributed by atoms with E-state index in [4.69, 9.17) is 4.98 Å².